The molecular formula is C23H25BrO4S. The smallest absolute Gasteiger partial charge is 0.339 e. The molecule has 1 aliphatic rings. The molecule has 2 heterocycles. The molecule has 29 heavy (non-hydrogen) atoms. The molecule has 0 saturated carbocycles. The van der Waals surface area contributed by atoms with Crippen molar-refractivity contribution in [1.82, 2.24) is 0 Å². The van der Waals surface area contributed by atoms with Crippen molar-refractivity contribution in [3.8, 4) is 0 Å². The van der Waals surface area contributed by atoms with Crippen molar-refractivity contribution in [1.29, 1.82) is 0 Å². The number of Topliss-reactive ketones (excluding diaryl/α,β-unsaturated/α-hetero) is 1. The number of hydrogen-bond acceptors (Lipinski definition) is 5. The number of halogens is 1. The summed E-state index contributed by atoms with van der Waals surface area (Å²) in [5.74, 6) is -2.04. The standard InChI is InChI=1S/C23H25BrO4S/c1-4-15(12-14-7-9-16(24)10-8-14)22-21(26)20(25)19(23(27)28-22)17(5-2)18-11-6-13(3)29-18/h6-11,15,17,22,25H,4-5,12H2,1-3H3. The van der Waals surface area contributed by atoms with E-state index >= 15 is 0 Å². The lowest BCUT2D eigenvalue weighted by Crippen LogP contribution is -2.42. The van der Waals surface area contributed by atoms with Crippen molar-refractivity contribution in [2.45, 2.75) is 52.1 Å². The van der Waals surface area contributed by atoms with E-state index in [2.05, 4.69) is 15.9 Å². The normalized spacial score (nSPS) is 19.2. The Morgan fingerprint density at radius 2 is 1.79 bits per heavy atom. The molecule has 1 aromatic carbocycles. The zero-order chi connectivity index (χ0) is 21.1. The van der Waals surface area contributed by atoms with Crippen LogP contribution in [0.4, 0.5) is 0 Å². The summed E-state index contributed by atoms with van der Waals surface area (Å²) in [4.78, 5) is 27.9. The van der Waals surface area contributed by atoms with E-state index in [1.807, 2.05) is 57.2 Å². The molecule has 1 aliphatic heterocycles. The first-order valence-corrected chi connectivity index (χ1v) is 11.5. The second-order valence-corrected chi connectivity index (χ2v) is 9.60. The van der Waals surface area contributed by atoms with Gasteiger partial charge in [-0.1, -0.05) is 41.9 Å². The van der Waals surface area contributed by atoms with E-state index < -0.39 is 23.6 Å². The highest BCUT2D eigenvalue weighted by atomic mass is 79.9. The first-order chi connectivity index (χ1) is 13.8. The number of ether oxygens (including phenoxy) is 1. The molecule has 3 unspecified atom stereocenters. The zero-order valence-corrected chi connectivity index (χ0v) is 19.2. The molecule has 0 bridgehead atoms. The van der Waals surface area contributed by atoms with Gasteiger partial charge in [-0.25, -0.2) is 4.79 Å². The molecule has 1 aromatic heterocycles. The van der Waals surface area contributed by atoms with Gasteiger partial charge in [0.05, 0.1) is 5.57 Å². The molecule has 3 atom stereocenters. The van der Waals surface area contributed by atoms with Gasteiger partial charge in [-0.2, -0.15) is 0 Å². The van der Waals surface area contributed by atoms with Crippen LogP contribution in [0.15, 0.2) is 52.2 Å². The molecule has 0 saturated heterocycles. The van der Waals surface area contributed by atoms with E-state index in [1.54, 1.807) is 11.3 Å². The van der Waals surface area contributed by atoms with E-state index in [0.29, 0.717) is 19.3 Å². The number of carbonyl (C=O) groups excluding carboxylic acids is 2. The predicted octanol–water partition coefficient (Wildman–Crippen LogP) is 5.89. The topological polar surface area (TPSA) is 63.6 Å². The summed E-state index contributed by atoms with van der Waals surface area (Å²) >= 11 is 4.98. The molecule has 0 amide bonds. The lowest BCUT2D eigenvalue weighted by Gasteiger charge is -2.31. The number of esters is 1. The molecule has 0 spiro atoms. The molecule has 0 fully saturated rings. The Hall–Kier alpha value is -1.92. The van der Waals surface area contributed by atoms with Gasteiger partial charge in [0.25, 0.3) is 0 Å². The molecule has 3 rings (SSSR count). The van der Waals surface area contributed by atoms with Crippen molar-refractivity contribution in [2.75, 3.05) is 0 Å². The van der Waals surface area contributed by atoms with Crippen molar-refractivity contribution in [3.63, 3.8) is 0 Å². The van der Waals surface area contributed by atoms with Gasteiger partial charge in [0.15, 0.2) is 11.9 Å². The van der Waals surface area contributed by atoms with Gasteiger partial charge in [0, 0.05) is 26.1 Å². The summed E-state index contributed by atoms with van der Waals surface area (Å²) in [5, 5.41) is 10.7. The average molecular weight is 477 g/mol. The molecule has 4 nitrogen and oxygen atoms in total. The Balaban J connectivity index is 1.88. The summed E-state index contributed by atoms with van der Waals surface area (Å²) in [6.45, 7) is 5.89. The number of benzene rings is 1. The Labute approximate surface area is 183 Å². The number of rotatable bonds is 7. The van der Waals surface area contributed by atoms with Gasteiger partial charge in [-0.15, -0.1) is 11.3 Å². The fourth-order valence-electron chi connectivity index (χ4n) is 3.79. The van der Waals surface area contributed by atoms with Crippen molar-refractivity contribution in [3.05, 3.63) is 67.5 Å². The van der Waals surface area contributed by atoms with Crippen LogP contribution in [0.1, 0.15) is 47.9 Å². The largest absolute Gasteiger partial charge is 0.504 e. The minimum atomic E-state index is -0.956. The number of ketones is 1. The van der Waals surface area contributed by atoms with Crippen molar-refractivity contribution in [2.24, 2.45) is 5.92 Å². The van der Waals surface area contributed by atoms with E-state index in [1.165, 1.54) is 0 Å². The van der Waals surface area contributed by atoms with Gasteiger partial charge >= 0.3 is 5.97 Å². The fourth-order valence-corrected chi connectivity index (χ4v) is 5.13. The Kier molecular flexibility index (Phi) is 6.96. The van der Waals surface area contributed by atoms with Gasteiger partial charge in [0.1, 0.15) is 0 Å². The lowest BCUT2D eigenvalue weighted by atomic mass is 9.84. The molecule has 6 heteroatoms. The van der Waals surface area contributed by atoms with Crippen LogP contribution >= 0.6 is 27.3 Å². The predicted molar refractivity (Wildman–Crippen MR) is 118 cm³/mol. The minimum Gasteiger partial charge on any atom is -0.504 e. The third-order valence-corrected chi connectivity index (χ3v) is 7.07. The number of carbonyl (C=O) groups is 2. The number of thiophene rings is 1. The summed E-state index contributed by atoms with van der Waals surface area (Å²) in [5.41, 5.74) is 1.15. The van der Waals surface area contributed by atoms with Crippen LogP contribution in [0.25, 0.3) is 0 Å². The van der Waals surface area contributed by atoms with Crippen molar-refractivity contribution >= 4 is 39.0 Å². The maximum Gasteiger partial charge on any atom is 0.339 e. The molecule has 2 aromatic rings. The number of cyclic esters (lactones) is 1. The number of aliphatic hydroxyl groups is 1. The molecular weight excluding hydrogens is 452 g/mol. The number of aliphatic hydroxyl groups excluding tert-OH is 1. The fraction of sp³-hybridized carbons (Fsp3) is 0.391. The second kappa shape index (κ2) is 9.26. The van der Waals surface area contributed by atoms with E-state index in [9.17, 15) is 14.7 Å². The SMILES string of the molecule is CCC(C1=C(O)C(=O)C(C(CC)Cc2ccc(Br)cc2)OC1=O)c1ccc(C)s1. The Bertz CT molecular complexity index is 929. The Morgan fingerprint density at radius 1 is 1.10 bits per heavy atom. The maximum atomic E-state index is 13.0. The molecule has 0 aliphatic carbocycles. The monoisotopic (exact) mass is 476 g/mol. The first-order valence-electron chi connectivity index (χ1n) is 9.84. The van der Waals surface area contributed by atoms with Crippen LogP contribution < -0.4 is 0 Å². The lowest BCUT2D eigenvalue weighted by molar-refractivity contribution is -0.158. The van der Waals surface area contributed by atoms with E-state index in [4.69, 9.17) is 4.74 Å². The highest BCUT2D eigenvalue weighted by Crippen LogP contribution is 2.38. The van der Waals surface area contributed by atoms with Crippen molar-refractivity contribution < 1.29 is 19.4 Å². The van der Waals surface area contributed by atoms with Gasteiger partial charge < -0.3 is 9.84 Å². The number of hydrogen-bond donors (Lipinski definition) is 1. The molecule has 154 valence electrons. The summed E-state index contributed by atoms with van der Waals surface area (Å²) < 4.78 is 6.61. The van der Waals surface area contributed by atoms with Crippen LogP contribution in [0.2, 0.25) is 0 Å². The number of aryl methyl sites for hydroxylation is 1. The highest BCUT2D eigenvalue weighted by Gasteiger charge is 2.43. The van der Waals surface area contributed by atoms with Crippen LogP contribution in [0, 0.1) is 12.8 Å². The van der Waals surface area contributed by atoms with Gasteiger partial charge in [-0.3, -0.25) is 4.79 Å². The second-order valence-electron chi connectivity index (χ2n) is 7.36. The summed E-state index contributed by atoms with van der Waals surface area (Å²) in [6.07, 6.45) is 0.895. The van der Waals surface area contributed by atoms with Gasteiger partial charge in [0.2, 0.25) is 5.78 Å². The summed E-state index contributed by atoms with van der Waals surface area (Å²) in [6, 6.07) is 11.8. The van der Waals surface area contributed by atoms with E-state index in [0.717, 1.165) is 19.8 Å². The van der Waals surface area contributed by atoms with Crippen LogP contribution in [-0.4, -0.2) is 23.0 Å². The third-order valence-electron chi connectivity index (χ3n) is 5.43. The zero-order valence-electron chi connectivity index (χ0n) is 16.8. The first kappa shape index (κ1) is 21.8. The average Bonchev–Trinajstić information content (AvgIpc) is 3.13. The van der Waals surface area contributed by atoms with Gasteiger partial charge in [-0.05, 0) is 56.0 Å². The highest BCUT2D eigenvalue weighted by molar-refractivity contribution is 9.10. The maximum absolute atomic E-state index is 13.0. The third kappa shape index (κ3) is 4.64. The molecule has 0 radical (unpaired) electrons. The van der Waals surface area contributed by atoms with Crippen LogP contribution in [0.3, 0.4) is 0 Å². The van der Waals surface area contributed by atoms with E-state index in [-0.39, 0.29) is 17.4 Å². The summed E-state index contributed by atoms with van der Waals surface area (Å²) in [7, 11) is 0. The van der Waals surface area contributed by atoms with Crippen LogP contribution in [0.5, 0.6) is 0 Å². The minimum absolute atomic E-state index is 0.0918. The molecule has 1 N–H and O–H groups in total. The quantitative estimate of drug-likeness (QED) is 0.506. The van der Waals surface area contributed by atoms with Crippen LogP contribution in [-0.2, 0) is 20.7 Å². The Morgan fingerprint density at radius 3 is 2.34 bits per heavy atom.